The first-order chi connectivity index (χ1) is 11.7. The minimum Gasteiger partial charge on any atom is -0.377 e. The Morgan fingerprint density at radius 3 is 2.52 bits per heavy atom. The highest BCUT2D eigenvalue weighted by Crippen LogP contribution is 2.17. The maximum atomic E-state index is 13.0. The van der Waals surface area contributed by atoms with Crippen molar-refractivity contribution in [1.29, 1.82) is 0 Å². The maximum Gasteiger partial charge on any atom is 0.191 e. The topological polar surface area (TPSA) is 54.1 Å². The lowest BCUT2D eigenvalue weighted by Gasteiger charge is -2.36. The van der Waals surface area contributed by atoms with Crippen LogP contribution in [0.25, 0.3) is 0 Å². The van der Waals surface area contributed by atoms with Gasteiger partial charge in [-0.1, -0.05) is 11.6 Å². The number of ether oxygens (including phenoxy) is 1. The van der Waals surface area contributed by atoms with E-state index in [2.05, 4.69) is 20.9 Å². The van der Waals surface area contributed by atoms with E-state index in [1.54, 1.807) is 0 Å². The molecular weight excluding hydrogens is 434 g/mol. The molecule has 7 heteroatoms. The van der Waals surface area contributed by atoms with Gasteiger partial charge in [-0.05, 0) is 37.1 Å². The van der Waals surface area contributed by atoms with Gasteiger partial charge in [0.2, 0.25) is 0 Å². The van der Waals surface area contributed by atoms with Crippen LogP contribution in [0.15, 0.2) is 40.9 Å². The van der Waals surface area contributed by atoms with Crippen LogP contribution in [0.5, 0.6) is 0 Å². The van der Waals surface area contributed by atoms with Crippen molar-refractivity contribution in [2.24, 2.45) is 10.7 Å². The zero-order valence-electron chi connectivity index (χ0n) is 14.4. The minimum atomic E-state index is -0.201. The lowest BCUT2D eigenvalue weighted by Crippen LogP contribution is -2.51. The lowest BCUT2D eigenvalue weighted by atomic mass is 10.1. The molecule has 25 heavy (non-hydrogen) atoms. The van der Waals surface area contributed by atoms with E-state index in [-0.39, 0.29) is 29.8 Å². The standard InChI is InChI=1S/C18H25FN4O.HI/c19-16-1-3-17(4-2-16)22-9-11-23(12-10-22)18(20)21-8-5-15-6-13-24-14-7-15;/h1-4,6H,5,7-14H2,(H2,20,21);1H. The van der Waals surface area contributed by atoms with Crippen molar-refractivity contribution in [2.75, 3.05) is 50.8 Å². The largest absolute Gasteiger partial charge is 0.377 e. The molecule has 1 aromatic carbocycles. The normalized spacial score (nSPS) is 18.6. The van der Waals surface area contributed by atoms with Crippen molar-refractivity contribution in [1.82, 2.24) is 4.90 Å². The molecule has 0 spiro atoms. The number of anilines is 1. The van der Waals surface area contributed by atoms with Crippen molar-refractivity contribution in [3.05, 3.63) is 41.7 Å². The Kier molecular flexibility index (Phi) is 7.95. The molecule has 1 aromatic rings. The Morgan fingerprint density at radius 2 is 1.88 bits per heavy atom. The van der Waals surface area contributed by atoms with Crippen LogP contribution < -0.4 is 10.6 Å². The van der Waals surface area contributed by atoms with Crippen LogP contribution in [-0.4, -0.2) is 56.8 Å². The van der Waals surface area contributed by atoms with Crippen LogP contribution in [0.4, 0.5) is 10.1 Å². The molecule has 0 radical (unpaired) electrons. The average molecular weight is 460 g/mol. The SMILES string of the molecule is I.NC(=NCCC1=CCOCC1)N1CCN(c2ccc(F)cc2)CC1. The number of rotatable bonds is 4. The molecule has 0 amide bonds. The molecule has 0 bridgehead atoms. The summed E-state index contributed by atoms with van der Waals surface area (Å²) in [6.07, 6.45) is 4.11. The quantitative estimate of drug-likeness (QED) is 0.325. The van der Waals surface area contributed by atoms with Crippen molar-refractivity contribution < 1.29 is 9.13 Å². The molecule has 1 fully saturated rings. The Hall–Kier alpha value is -1.35. The molecule has 5 nitrogen and oxygen atoms in total. The van der Waals surface area contributed by atoms with E-state index < -0.39 is 0 Å². The predicted octanol–water partition coefficient (Wildman–Crippen LogP) is 2.62. The van der Waals surface area contributed by atoms with Gasteiger partial charge in [0.15, 0.2) is 5.96 Å². The summed E-state index contributed by atoms with van der Waals surface area (Å²) < 4.78 is 18.3. The third-order valence-electron chi connectivity index (χ3n) is 4.56. The fourth-order valence-electron chi connectivity index (χ4n) is 3.05. The number of hydrogen-bond donors (Lipinski definition) is 1. The summed E-state index contributed by atoms with van der Waals surface area (Å²) in [6, 6.07) is 6.65. The summed E-state index contributed by atoms with van der Waals surface area (Å²) in [5.74, 6) is 0.426. The van der Waals surface area contributed by atoms with E-state index in [4.69, 9.17) is 10.5 Å². The Bertz CT molecular complexity index is 598. The number of halogens is 2. The van der Waals surface area contributed by atoms with Gasteiger partial charge in [0, 0.05) is 38.4 Å². The lowest BCUT2D eigenvalue weighted by molar-refractivity contribution is 0.153. The number of aliphatic imine (C=N–C) groups is 1. The molecule has 2 aliphatic heterocycles. The fourth-order valence-corrected chi connectivity index (χ4v) is 3.05. The second kappa shape index (κ2) is 9.96. The molecule has 138 valence electrons. The van der Waals surface area contributed by atoms with Crippen LogP contribution in [-0.2, 0) is 4.74 Å². The molecule has 0 unspecified atom stereocenters. The highest BCUT2D eigenvalue weighted by Gasteiger charge is 2.18. The number of benzene rings is 1. The van der Waals surface area contributed by atoms with Crippen LogP contribution in [0.3, 0.4) is 0 Å². The minimum absolute atomic E-state index is 0. The summed E-state index contributed by atoms with van der Waals surface area (Å²) in [4.78, 5) is 8.89. The number of guanidine groups is 1. The van der Waals surface area contributed by atoms with Gasteiger partial charge in [-0.3, -0.25) is 4.99 Å². The molecule has 2 aliphatic rings. The summed E-state index contributed by atoms with van der Waals surface area (Å²) >= 11 is 0. The Labute approximate surface area is 165 Å². The van der Waals surface area contributed by atoms with Crippen LogP contribution in [0, 0.1) is 5.82 Å². The zero-order valence-corrected chi connectivity index (χ0v) is 16.7. The molecule has 0 atom stereocenters. The van der Waals surface area contributed by atoms with Gasteiger partial charge in [-0.25, -0.2) is 4.39 Å². The Morgan fingerprint density at radius 1 is 1.16 bits per heavy atom. The zero-order chi connectivity index (χ0) is 16.8. The Balaban J connectivity index is 0.00000225. The molecule has 1 saturated heterocycles. The monoisotopic (exact) mass is 460 g/mol. The van der Waals surface area contributed by atoms with Crippen LogP contribution >= 0.6 is 24.0 Å². The van der Waals surface area contributed by atoms with Crippen molar-refractivity contribution in [2.45, 2.75) is 12.8 Å². The first-order valence-electron chi connectivity index (χ1n) is 8.53. The predicted molar refractivity (Wildman–Crippen MR) is 110 cm³/mol. The highest BCUT2D eigenvalue weighted by atomic mass is 127. The molecule has 2 N–H and O–H groups in total. The summed E-state index contributed by atoms with van der Waals surface area (Å²) in [5.41, 5.74) is 8.60. The summed E-state index contributed by atoms with van der Waals surface area (Å²) in [5, 5.41) is 0. The van der Waals surface area contributed by atoms with E-state index in [0.29, 0.717) is 5.96 Å². The van der Waals surface area contributed by atoms with Gasteiger partial charge >= 0.3 is 0 Å². The molecule has 0 saturated carbocycles. The summed E-state index contributed by atoms with van der Waals surface area (Å²) in [6.45, 7) is 5.67. The van der Waals surface area contributed by atoms with Gasteiger partial charge in [-0.15, -0.1) is 24.0 Å². The van der Waals surface area contributed by atoms with Crippen molar-refractivity contribution in [3.8, 4) is 0 Å². The van der Waals surface area contributed by atoms with Crippen LogP contribution in [0.2, 0.25) is 0 Å². The van der Waals surface area contributed by atoms with Crippen LogP contribution in [0.1, 0.15) is 12.8 Å². The average Bonchev–Trinajstić information content (AvgIpc) is 2.63. The third-order valence-corrected chi connectivity index (χ3v) is 4.56. The van der Waals surface area contributed by atoms with Crippen molar-refractivity contribution >= 4 is 35.6 Å². The van der Waals surface area contributed by atoms with Gasteiger partial charge in [0.1, 0.15) is 5.82 Å². The molecule has 0 aromatic heterocycles. The van der Waals surface area contributed by atoms with E-state index in [1.165, 1.54) is 17.7 Å². The number of nitrogens with two attached hydrogens (primary N) is 1. The fraction of sp³-hybridized carbons (Fsp3) is 0.500. The van der Waals surface area contributed by atoms with E-state index in [0.717, 1.165) is 64.5 Å². The van der Waals surface area contributed by atoms with Gasteiger partial charge < -0.3 is 20.3 Å². The first kappa shape index (κ1) is 20.0. The number of hydrogen-bond acceptors (Lipinski definition) is 3. The van der Waals surface area contributed by atoms with Gasteiger partial charge in [-0.2, -0.15) is 0 Å². The van der Waals surface area contributed by atoms with E-state index >= 15 is 0 Å². The highest BCUT2D eigenvalue weighted by molar-refractivity contribution is 14.0. The van der Waals surface area contributed by atoms with Gasteiger partial charge in [0.25, 0.3) is 0 Å². The second-order valence-electron chi connectivity index (χ2n) is 6.13. The van der Waals surface area contributed by atoms with Gasteiger partial charge in [0.05, 0.1) is 13.2 Å². The molecule has 3 rings (SSSR count). The molecular formula is C18H26FIN4O. The summed E-state index contributed by atoms with van der Waals surface area (Å²) in [7, 11) is 0. The molecule has 0 aliphatic carbocycles. The first-order valence-corrected chi connectivity index (χ1v) is 8.53. The second-order valence-corrected chi connectivity index (χ2v) is 6.13. The number of nitrogens with zero attached hydrogens (tertiary/aromatic N) is 3. The van der Waals surface area contributed by atoms with E-state index in [1.807, 2.05) is 12.1 Å². The van der Waals surface area contributed by atoms with Crippen molar-refractivity contribution in [3.63, 3.8) is 0 Å². The third kappa shape index (κ3) is 5.85. The molecule has 2 heterocycles. The smallest absolute Gasteiger partial charge is 0.191 e. The number of piperazine rings is 1. The maximum absolute atomic E-state index is 13.0. The van der Waals surface area contributed by atoms with E-state index in [9.17, 15) is 4.39 Å².